The van der Waals surface area contributed by atoms with Crippen LogP contribution in [0.1, 0.15) is 27.7 Å². The fourth-order valence-electron chi connectivity index (χ4n) is 0.0779. The number of carbonyl (C=O) groups is 1. The Balaban J connectivity index is 0. The molecular weight excluding hydrogens is 130 g/mol. The molecule has 0 rings (SSSR count). The van der Waals surface area contributed by atoms with Gasteiger partial charge in [-0.1, -0.05) is 13.8 Å². The van der Waals surface area contributed by atoms with E-state index in [0.29, 0.717) is 0 Å². The third kappa shape index (κ3) is 4.32. The molecule has 0 fully saturated rings. The van der Waals surface area contributed by atoms with Crippen LogP contribution in [0.2, 0.25) is 0 Å². The second-order valence-electron chi connectivity index (χ2n) is 2.41. The first-order chi connectivity index (χ1) is 4.50. The maximum Gasteiger partial charge on any atom is 0.225 e. The van der Waals surface area contributed by atoms with Crippen LogP contribution in [0.5, 0.6) is 0 Å². The number of hydrogen-bond acceptors (Lipinski definition) is 2. The highest BCUT2D eigenvalue weighted by molar-refractivity contribution is 5.79. The van der Waals surface area contributed by atoms with Crippen molar-refractivity contribution in [2.75, 3.05) is 6.61 Å². The van der Waals surface area contributed by atoms with Gasteiger partial charge in [0.2, 0.25) is 5.91 Å². The minimum atomic E-state index is -0.764. The van der Waals surface area contributed by atoms with E-state index in [1.54, 1.807) is 13.8 Å². The molecule has 0 saturated carbocycles. The van der Waals surface area contributed by atoms with E-state index in [1.807, 2.05) is 13.8 Å². The van der Waals surface area contributed by atoms with E-state index < -0.39 is 11.3 Å². The number of carbonyl (C=O) groups excluding carboxylic acids is 1. The van der Waals surface area contributed by atoms with Crippen molar-refractivity contribution >= 4 is 5.91 Å². The molecule has 0 aromatic carbocycles. The van der Waals surface area contributed by atoms with E-state index in [9.17, 15) is 4.79 Å². The summed E-state index contributed by atoms with van der Waals surface area (Å²) >= 11 is 0. The van der Waals surface area contributed by atoms with Gasteiger partial charge < -0.3 is 10.8 Å². The van der Waals surface area contributed by atoms with Crippen molar-refractivity contribution in [2.24, 2.45) is 11.1 Å². The van der Waals surface area contributed by atoms with Crippen molar-refractivity contribution in [3.05, 3.63) is 0 Å². The Kier molecular flexibility index (Phi) is 6.35. The van der Waals surface area contributed by atoms with Gasteiger partial charge in [0.25, 0.3) is 0 Å². The van der Waals surface area contributed by atoms with Crippen LogP contribution >= 0.6 is 0 Å². The molecule has 1 amide bonds. The SMILES string of the molecule is CC.CC(C)(CO)C(N)=O. The predicted molar refractivity (Wildman–Crippen MR) is 41.4 cm³/mol. The van der Waals surface area contributed by atoms with E-state index in [1.165, 1.54) is 0 Å². The normalized spacial score (nSPS) is 9.70. The van der Waals surface area contributed by atoms with Gasteiger partial charge in [-0.25, -0.2) is 0 Å². The second-order valence-corrected chi connectivity index (χ2v) is 2.41. The van der Waals surface area contributed by atoms with Crippen LogP contribution in [-0.2, 0) is 4.79 Å². The minimum Gasteiger partial charge on any atom is -0.395 e. The van der Waals surface area contributed by atoms with Gasteiger partial charge in [0.05, 0.1) is 12.0 Å². The van der Waals surface area contributed by atoms with Crippen LogP contribution in [0.25, 0.3) is 0 Å². The zero-order chi connectivity index (χ0) is 8.78. The second kappa shape index (κ2) is 5.23. The summed E-state index contributed by atoms with van der Waals surface area (Å²) in [6.07, 6.45) is 0. The molecule has 0 bridgehead atoms. The van der Waals surface area contributed by atoms with Gasteiger partial charge in [-0.05, 0) is 13.8 Å². The summed E-state index contributed by atoms with van der Waals surface area (Å²) in [4.78, 5) is 10.3. The lowest BCUT2D eigenvalue weighted by molar-refractivity contribution is -0.127. The zero-order valence-corrected chi connectivity index (χ0v) is 7.14. The maximum atomic E-state index is 10.3. The number of nitrogens with two attached hydrogens (primary N) is 1. The Morgan fingerprint density at radius 1 is 1.50 bits per heavy atom. The van der Waals surface area contributed by atoms with Gasteiger partial charge in [0, 0.05) is 0 Å². The lowest BCUT2D eigenvalue weighted by Gasteiger charge is -2.15. The highest BCUT2D eigenvalue weighted by atomic mass is 16.3. The molecule has 3 nitrogen and oxygen atoms in total. The van der Waals surface area contributed by atoms with Crippen molar-refractivity contribution in [1.29, 1.82) is 0 Å². The van der Waals surface area contributed by atoms with Gasteiger partial charge in [-0.2, -0.15) is 0 Å². The summed E-state index contributed by atoms with van der Waals surface area (Å²) in [7, 11) is 0. The molecular formula is C7H17NO2. The number of aliphatic hydroxyl groups excluding tert-OH is 1. The van der Waals surface area contributed by atoms with Crippen molar-refractivity contribution < 1.29 is 9.90 Å². The molecule has 0 atom stereocenters. The number of aliphatic hydroxyl groups is 1. The van der Waals surface area contributed by atoms with Crippen LogP contribution in [0.4, 0.5) is 0 Å². The van der Waals surface area contributed by atoms with Gasteiger partial charge in [-0.15, -0.1) is 0 Å². The van der Waals surface area contributed by atoms with Crippen LogP contribution < -0.4 is 5.73 Å². The summed E-state index contributed by atoms with van der Waals surface area (Å²) in [6.45, 7) is 6.99. The molecule has 0 unspecified atom stereocenters. The molecule has 62 valence electrons. The van der Waals surface area contributed by atoms with E-state index in [4.69, 9.17) is 10.8 Å². The highest BCUT2D eigenvalue weighted by Crippen LogP contribution is 2.10. The van der Waals surface area contributed by atoms with E-state index in [0.717, 1.165) is 0 Å². The first-order valence-corrected chi connectivity index (χ1v) is 3.41. The molecule has 3 N–H and O–H groups in total. The van der Waals surface area contributed by atoms with Crippen LogP contribution in [0.15, 0.2) is 0 Å². The number of amides is 1. The molecule has 0 saturated heterocycles. The smallest absolute Gasteiger partial charge is 0.225 e. The Bertz CT molecular complexity index is 99.8. The fourth-order valence-corrected chi connectivity index (χ4v) is 0.0779. The van der Waals surface area contributed by atoms with E-state index >= 15 is 0 Å². The van der Waals surface area contributed by atoms with Crippen molar-refractivity contribution in [3.8, 4) is 0 Å². The van der Waals surface area contributed by atoms with Crippen LogP contribution in [0.3, 0.4) is 0 Å². The Morgan fingerprint density at radius 3 is 1.80 bits per heavy atom. The first kappa shape index (κ1) is 12.1. The third-order valence-corrected chi connectivity index (χ3v) is 1.06. The molecule has 3 heteroatoms. The molecule has 0 aliphatic rings. The molecule has 10 heavy (non-hydrogen) atoms. The fraction of sp³-hybridized carbons (Fsp3) is 0.857. The summed E-state index contributed by atoms with van der Waals surface area (Å²) < 4.78 is 0. The van der Waals surface area contributed by atoms with E-state index in [-0.39, 0.29) is 6.61 Å². The number of primary amides is 1. The van der Waals surface area contributed by atoms with Gasteiger partial charge in [0.1, 0.15) is 0 Å². The lowest BCUT2D eigenvalue weighted by Crippen LogP contribution is -2.34. The average molecular weight is 147 g/mol. The summed E-state index contributed by atoms with van der Waals surface area (Å²) in [6, 6.07) is 0. The minimum absolute atomic E-state index is 0.192. The predicted octanol–water partition coefficient (Wildman–Crippen LogP) is 0.516. The van der Waals surface area contributed by atoms with Gasteiger partial charge in [-0.3, -0.25) is 4.79 Å². The van der Waals surface area contributed by atoms with Crippen molar-refractivity contribution in [2.45, 2.75) is 27.7 Å². The molecule has 0 radical (unpaired) electrons. The van der Waals surface area contributed by atoms with E-state index in [2.05, 4.69) is 0 Å². The monoisotopic (exact) mass is 147 g/mol. The number of hydrogen-bond donors (Lipinski definition) is 2. The standard InChI is InChI=1S/C5H11NO2.C2H6/c1-5(2,3-7)4(6)8;1-2/h7H,3H2,1-2H3,(H2,6,8);1-2H3. The van der Waals surface area contributed by atoms with Crippen molar-refractivity contribution in [1.82, 2.24) is 0 Å². The third-order valence-electron chi connectivity index (χ3n) is 1.06. The maximum absolute atomic E-state index is 10.3. The molecule has 0 spiro atoms. The van der Waals surface area contributed by atoms with Crippen LogP contribution in [-0.4, -0.2) is 17.6 Å². The average Bonchev–Trinajstić information content (AvgIpc) is 1.92. The molecule has 0 aliphatic heterocycles. The largest absolute Gasteiger partial charge is 0.395 e. The first-order valence-electron chi connectivity index (χ1n) is 3.41. The molecule has 0 aromatic rings. The molecule has 0 aliphatic carbocycles. The van der Waals surface area contributed by atoms with Crippen molar-refractivity contribution in [3.63, 3.8) is 0 Å². The molecule has 0 aromatic heterocycles. The summed E-state index contributed by atoms with van der Waals surface area (Å²) in [5.74, 6) is -0.472. The van der Waals surface area contributed by atoms with Gasteiger partial charge >= 0.3 is 0 Å². The quantitative estimate of drug-likeness (QED) is 0.598. The van der Waals surface area contributed by atoms with Crippen LogP contribution in [0, 0.1) is 5.41 Å². The summed E-state index contributed by atoms with van der Waals surface area (Å²) in [5, 5.41) is 8.46. The summed E-state index contributed by atoms with van der Waals surface area (Å²) in [5.41, 5.74) is 4.12. The molecule has 0 heterocycles. The number of rotatable bonds is 2. The highest BCUT2D eigenvalue weighted by Gasteiger charge is 2.22. The van der Waals surface area contributed by atoms with Gasteiger partial charge in [0.15, 0.2) is 0 Å². The Labute approximate surface area is 62.2 Å². The zero-order valence-electron chi connectivity index (χ0n) is 7.14. The Hall–Kier alpha value is -0.570. The Morgan fingerprint density at radius 2 is 1.80 bits per heavy atom. The topological polar surface area (TPSA) is 63.3 Å². The lowest BCUT2D eigenvalue weighted by atomic mass is 9.94.